The number of carbonyl (C=O) groups is 1. The molecule has 0 bridgehead atoms. The highest BCUT2D eigenvalue weighted by atomic mass is 16.1. The number of hydrogen-bond acceptors (Lipinski definition) is 2. The molecule has 3 heteroatoms. The Morgan fingerprint density at radius 2 is 1.88 bits per heavy atom. The molecule has 3 nitrogen and oxygen atoms in total. The second-order valence-electron chi connectivity index (χ2n) is 5.30. The molecule has 2 saturated carbocycles. The smallest absolute Gasteiger partial charge is 0.221 e. The first-order chi connectivity index (χ1) is 7.74. The second kappa shape index (κ2) is 4.86. The maximum atomic E-state index is 11.9. The minimum absolute atomic E-state index is 0.0929. The highest BCUT2D eigenvalue weighted by Crippen LogP contribution is 2.31. The Bertz CT molecular complexity index is 294. The number of hydrogen-bond donors (Lipinski definition) is 1. The van der Waals surface area contributed by atoms with E-state index in [9.17, 15) is 4.79 Å². The molecule has 0 spiro atoms. The predicted octanol–water partition coefficient (Wildman–Crippen LogP) is 2.52. The molecule has 2 aliphatic rings. The molecule has 0 radical (unpaired) electrons. The Labute approximate surface area is 97.2 Å². The van der Waals surface area contributed by atoms with Crippen molar-refractivity contribution in [3.05, 3.63) is 0 Å². The van der Waals surface area contributed by atoms with Crippen molar-refractivity contribution < 1.29 is 4.79 Å². The first-order valence-corrected chi connectivity index (χ1v) is 6.46. The maximum Gasteiger partial charge on any atom is 0.221 e. The predicted molar refractivity (Wildman–Crippen MR) is 61.5 cm³/mol. The van der Waals surface area contributed by atoms with Crippen LogP contribution in [0.25, 0.3) is 0 Å². The van der Waals surface area contributed by atoms with Crippen molar-refractivity contribution in [2.24, 2.45) is 5.92 Å². The van der Waals surface area contributed by atoms with Crippen LogP contribution in [0, 0.1) is 17.2 Å². The van der Waals surface area contributed by atoms with E-state index in [1.807, 2.05) is 0 Å². The van der Waals surface area contributed by atoms with Crippen LogP contribution >= 0.6 is 0 Å². The standard InChI is InChI=1S/C13H20N2O/c14-10-13(7-3-4-8-13)15-12(16)9-11-5-1-2-6-11/h11H,1-9H2,(H,15,16). The van der Waals surface area contributed by atoms with Gasteiger partial charge in [-0.15, -0.1) is 0 Å². The van der Waals surface area contributed by atoms with Crippen molar-refractivity contribution in [3.8, 4) is 6.07 Å². The van der Waals surface area contributed by atoms with Crippen LogP contribution in [0.2, 0.25) is 0 Å². The number of nitriles is 1. The molecular weight excluding hydrogens is 200 g/mol. The van der Waals surface area contributed by atoms with Crippen molar-refractivity contribution in [1.29, 1.82) is 5.26 Å². The summed E-state index contributed by atoms with van der Waals surface area (Å²) in [6.45, 7) is 0. The SMILES string of the molecule is N#CC1(NC(=O)CC2CCCC2)CCCC1. The van der Waals surface area contributed by atoms with Crippen LogP contribution in [-0.2, 0) is 4.79 Å². The molecule has 2 fully saturated rings. The molecule has 1 amide bonds. The monoisotopic (exact) mass is 220 g/mol. The lowest BCUT2D eigenvalue weighted by atomic mass is 9.97. The zero-order valence-corrected chi connectivity index (χ0v) is 9.80. The summed E-state index contributed by atoms with van der Waals surface area (Å²) in [6.07, 6.45) is 9.33. The van der Waals surface area contributed by atoms with E-state index >= 15 is 0 Å². The lowest BCUT2D eigenvalue weighted by Crippen LogP contribution is -2.45. The molecule has 0 heterocycles. The average Bonchev–Trinajstić information content (AvgIpc) is 2.90. The van der Waals surface area contributed by atoms with Gasteiger partial charge in [0.15, 0.2) is 0 Å². The Morgan fingerprint density at radius 3 is 2.44 bits per heavy atom. The number of nitrogens with zero attached hydrogens (tertiary/aromatic N) is 1. The lowest BCUT2D eigenvalue weighted by Gasteiger charge is -2.22. The van der Waals surface area contributed by atoms with Crippen molar-refractivity contribution >= 4 is 5.91 Å². The first kappa shape index (κ1) is 11.4. The molecule has 0 atom stereocenters. The second-order valence-corrected chi connectivity index (χ2v) is 5.30. The Hall–Kier alpha value is -1.04. The summed E-state index contributed by atoms with van der Waals surface area (Å²) < 4.78 is 0. The van der Waals surface area contributed by atoms with Crippen molar-refractivity contribution in [2.45, 2.75) is 63.3 Å². The molecule has 0 unspecified atom stereocenters. The third-order valence-corrected chi connectivity index (χ3v) is 4.00. The number of nitrogens with one attached hydrogen (secondary N) is 1. The van der Waals surface area contributed by atoms with Gasteiger partial charge in [-0.1, -0.05) is 12.8 Å². The molecule has 0 aliphatic heterocycles. The van der Waals surface area contributed by atoms with Gasteiger partial charge < -0.3 is 5.32 Å². The van der Waals surface area contributed by atoms with Gasteiger partial charge in [-0.2, -0.15) is 5.26 Å². The van der Waals surface area contributed by atoms with Crippen molar-refractivity contribution in [3.63, 3.8) is 0 Å². The summed E-state index contributed by atoms with van der Waals surface area (Å²) in [6, 6.07) is 2.30. The average molecular weight is 220 g/mol. The third-order valence-electron chi connectivity index (χ3n) is 4.00. The molecule has 0 aromatic carbocycles. The van der Waals surface area contributed by atoms with Gasteiger partial charge in [-0.05, 0) is 44.4 Å². The molecule has 16 heavy (non-hydrogen) atoms. The molecule has 88 valence electrons. The minimum atomic E-state index is -0.532. The minimum Gasteiger partial charge on any atom is -0.338 e. The van der Waals surface area contributed by atoms with Crippen molar-refractivity contribution in [1.82, 2.24) is 5.32 Å². The zero-order valence-electron chi connectivity index (χ0n) is 9.80. The summed E-state index contributed by atoms with van der Waals surface area (Å²) in [7, 11) is 0. The Kier molecular flexibility index (Phi) is 3.48. The van der Waals surface area contributed by atoms with E-state index in [-0.39, 0.29) is 5.91 Å². The molecule has 1 N–H and O–H groups in total. The fourth-order valence-corrected chi connectivity index (χ4v) is 3.04. The Morgan fingerprint density at radius 1 is 1.25 bits per heavy atom. The molecular formula is C13H20N2O. The van der Waals surface area contributed by atoms with Gasteiger partial charge in [-0.3, -0.25) is 4.79 Å². The number of carbonyl (C=O) groups excluding carboxylic acids is 1. The first-order valence-electron chi connectivity index (χ1n) is 6.46. The van der Waals surface area contributed by atoms with E-state index in [1.54, 1.807) is 0 Å². The van der Waals surface area contributed by atoms with E-state index in [4.69, 9.17) is 5.26 Å². The highest BCUT2D eigenvalue weighted by molar-refractivity contribution is 5.77. The third kappa shape index (κ3) is 2.55. The molecule has 0 saturated heterocycles. The summed E-state index contributed by atoms with van der Waals surface area (Å²) in [5, 5.41) is 12.1. The van der Waals surface area contributed by atoms with Gasteiger partial charge >= 0.3 is 0 Å². The van der Waals surface area contributed by atoms with Crippen LogP contribution < -0.4 is 5.32 Å². The van der Waals surface area contributed by atoms with Gasteiger partial charge in [0.2, 0.25) is 5.91 Å². The number of amides is 1. The van der Waals surface area contributed by atoms with Crippen LogP contribution in [0.4, 0.5) is 0 Å². The summed E-state index contributed by atoms with van der Waals surface area (Å²) in [5.74, 6) is 0.660. The largest absolute Gasteiger partial charge is 0.338 e. The summed E-state index contributed by atoms with van der Waals surface area (Å²) in [4.78, 5) is 11.9. The van der Waals surface area contributed by atoms with Crippen LogP contribution in [0.5, 0.6) is 0 Å². The molecule has 2 rings (SSSR count). The molecule has 0 aromatic rings. The van der Waals surface area contributed by atoms with Gasteiger partial charge in [0.25, 0.3) is 0 Å². The summed E-state index contributed by atoms with van der Waals surface area (Å²) >= 11 is 0. The topological polar surface area (TPSA) is 52.9 Å². The quantitative estimate of drug-likeness (QED) is 0.794. The molecule has 2 aliphatic carbocycles. The lowest BCUT2D eigenvalue weighted by molar-refractivity contribution is -0.123. The van der Waals surface area contributed by atoms with Gasteiger partial charge in [-0.25, -0.2) is 0 Å². The van der Waals surface area contributed by atoms with Gasteiger partial charge in [0.1, 0.15) is 5.54 Å². The van der Waals surface area contributed by atoms with Gasteiger partial charge in [0.05, 0.1) is 6.07 Å². The van der Waals surface area contributed by atoms with E-state index in [1.165, 1.54) is 25.7 Å². The van der Waals surface area contributed by atoms with E-state index in [0.717, 1.165) is 25.7 Å². The van der Waals surface area contributed by atoms with Gasteiger partial charge in [0, 0.05) is 6.42 Å². The van der Waals surface area contributed by atoms with Crippen LogP contribution in [0.15, 0.2) is 0 Å². The maximum absolute atomic E-state index is 11.9. The fourth-order valence-electron chi connectivity index (χ4n) is 3.04. The van der Waals surface area contributed by atoms with E-state index in [0.29, 0.717) is 12.3 Å². The Balaban J connectivity index is 1.83. The van der Waals surface area contributed by atoms with Crippen LogP contribution in [0.3, 0.4) is 0 Å². The normalized spacial score (nSPS) is 24.2. The zero-order chi connectivity index (χ0) is 11.4. The van der Waals surface area contributed by atoms with Crippen LogP contribution in [-0.4, -0.2) is 11.4 Å². The van der Waals surface area contributed by atoms with E-state index in [2.05, 4.69) is 11.4 Å². The van der Waals surface area contributed by atoms with E-state index < -0.39 is 5.54 Å². The highest BCUT2D eigenvalue weighted by Gasteiger charge is 2.35. The van der Waals surface area contributed by atoms with Crippen LogP contribution in [0.1, 0.15) is 57.8 Å². The molecule has 0 aromatic heterocycles. The number of rotatable bonds is 3. The fraction of sp³-hybridized carbons (Fsp3) is 0.846. The van der Waals surface area contributed by atoms with Crippen molar-refractivity contribution in [2.75, 3.05) is 0 Å². The summed E-state index contributed by atoms with van der Waals surface area (Å²) in [5.41, 5.74) is -0.532.